The molecule has 3 aromatic heterocycles. The molecule has 5 heterocycles. The van der Waals surface area contributed by atoms with Gasteiger partial charge in [0.25, 0.3) is 0 Å². The van der Waals surface area contributed by atoms with Crippen molar-refractivity contribution in [3.05, 3.63) is 41.7 Å². The third-order valence-electron chi connectivity index (χ3n) is 5.00. The van der Waals surface area contributed by atoms with Crippen molar-refractivity contribution in [2.45, 2.75) is 25.0 Å². The van der Waals surface area contributed by atoms with Crippen molar-refractivity contribution in [3.63, 3.8) is 0 Å². The molecule has 122 valence electrons. The molecular formula is C16H16ClN7. The first kappa shape index (κ1) is 14.1. The van der Waals surface area contributed by atoms with Crippen molar-refractivity contribution in [1.29, 1.82) is 0 Å². The number of H-pyrrole nitrogens is 1. The maximum Gasteiger partial charge on any atom is 0.182 e. The molecule has 8 heteroatoms. The van der Waals surface area contributed by atoms with Gasteiger partial charge in [-0.05, 0) is 18.1 Å². The van der Waals surface area contributed by atoms with Crippen LogP contribution in [-0.2, 0) is 6.54 Å². The highest BCUT2D eigenvalue weighted by Crippen LogP contribution is 2.36. The number of rotatable bonds is 3. The Morgan fingerprint density at radius 3 is 2.88 bits per heavy atom. The van der Waals surface area contributed by atoms with Crippen LogP contribution in [0.3, 0.4) is 0 Å². The number of hydrogen-bond donors (Lipinski definition) is 1. The van der Waals surface area contributed by atoms with Gasteiger partial charge in [-0.3, -0.25) is 4.90 Å². The zero-order valence-electron chi connectivity index (χ0n) is 12.9. The number of aromatic nitrogens is 5. The van der Waals surface area contributed by atoms with Gasteiger partial charge in [0.15, 0.2) is 11.5 Å². The third kappa shape index (κ3) is 2.23. The lowest BCUT2D eigenvalue weighted by Crippen LogP contribution is -2.46. The first-order valence-corrected chi connectivity index (χ1v) is 8.41. The zero-order valence-corrected chi connectivity index (χ0v) is 13.7. The van der Waals surface area contributed by atoms with Gasteiger partial charge in [0.1, 0.15) is 17.0 Å². The quantitative estimate of drug-likeness (QED) is 0.733. The first-order valence-electron chi connectivity index (χ1n) is 8.03. The number of fused-ring (bicyclic) bond motifs is 3. The molecular weight excluding hydrogens is 326 g/mol. The molecule has 0 aliphatic carbocycles. The molecule has 2 bridgehead atoms. The molecule has 5 rings (SSSR count). The number of anilines is 1. The number of nitrogens with zero attached hydrogens (tertiary/aromatic N) is 6. The largest absolute Gasteiger partial charge is 0.349 e. The minimum atomic E-state index is 0.483. The predicted molar refractivity (Wildman–Crippen MR) is 90.9 cm³/mol. The molecule has 2 atom stereocenters. The highest BCUT2D eigenvalue weighted by Gasteiger charge is 2.44. The van der Waals surface area contributed by atoms with Crippen molar-refractivity contribution >= 4 is 28.6 Å². The van der Waals surface area contributed by atoms with Gasteiger partial charge in [-0.25, -0.2) is 19.9 Å². The van der Waals surface area contributed by atoms with Crippen molar-refractivity contribution < 1.29 is 0 Å². The Balaban J connectivity index is 1.35. The smallest absolute Gasteiger partial charge is 0.182 e. The molecule has 2 aliphatic heterocycles. The fourth-order valence-electron chi connectivity index (χ4n) is 3.91. The summed E-state index contributed by atoms with van der Waals surface area (Å²) in [4.78, 5) is 25.2. The van der Waals surface area contributed by atoms with Crippen LogP contribution in [0.5, 0.6) is 0 Å². The Morgan fingerprint density at radius 2 is 2.08 bits per heavy atom. The summed E-state index contributed by atoms with van der Waals surface area (Å²) >= 11 is 5.87. The number of likely N-dealkylation sites (tertiary alicyclic amines) is 1. The summed E-state index contributed by atoms with van der Waals surface area (Å²) in [6.07, 6.45) is 6.31. The van der Waals surface area contributed by atoms with Gasteiger partial charge in [-0.15, -0.1) is 0 Å². The molecule has 1 N–H and O–H groups in total. The topological polar surface area (TPSA) is 73.8 Å². The van der Waals surface area contributed by atoms with Crippen LogP contribution in [0.15, 0.2) is 31.0 Å². The van der Waals surface area contributed by atoms with E-state index in [2.05, 4.69) is 40.8 Å². The minimum absolute atomic E-state index is 0.483. The fraction of sp³-hybridized carbons (Fsp3) is 0.375. The molecule has 0 saturated carbocycles. The molecule has 2 aliphatic rings. The zero-order chi connectivity index (χ0) is 16.1. The van der Waals surface area contributed by atoms with Gasteiger partial charge in [0, 0.05) is 37.9 Å². The normalized spacial score (nSPS) is 23.5. The van der Waals surface area contributed by atoms with Crippen molar-refractivity contribution in [3.8, 4) is 0 Å². The molecule has 24 heavy (non-hydrogen) atoms. The summed E-state index contributed by atoms with van der Waals surface area (Å²) in [7, 11) is 0. The maximum absolute atomic E-state index is 5.87. The van der Waals surface area contributed by atoms with Crippen LogP contribution in [0.4, 0.5) is 5.82 Å². The van der Waals surface area contributed by atoms with Crippen molar-refractivity contribution in [1.82, 2.24) is 29.8 Å². The lowest BCUT2D eigenvalue weighted by atomic mass is 10.2. The van der Waals surface area contributed by atoms with E-state index in [1.165, 1.54) is 12.0 Å². The molecule has 0 radical (unpaired) electrons. The van der Waals surface area contributed by atoms with E-state index in [-0.39, 0.29) is 0 Å². The Morgan fingerprint density at radius 1 is 1.12 bits per heavy atom. The van der Waals surface area contributed by atoms with E-state index in [0.29, 0.717) is 17.2 Å². The highest BCUT2D eigenvalue weighted by molar-refractivity contribution is 6.29. The van der Waals surface area contributed by atoms with Gasteiger partial charge in [-0.1, -0.05) is 17.7 Å². The molecule has 0 spiro atoms. The van der Waals surface area contributed by atoms with E-state index in [9.17, 15) is 0 Å². The van der Waals surface area contributed by atoms with Crippen LogP contribution in [-0.4, -0.2) is 55.0 Å². The number of pyridine rings is 1. The van der Waals surface area contributed by atoms with Crippen LogP contribution in [0.25, 0.3) is 11.2 Å². The summed E-state index contributed by atoms with van der Waals surface area (Å²) in [6.45, 7) is 2.94. The minimum Gasteiger partial charge on any atom is -0.349 e. The summed E-state index contributed by atoms with van der Waals surface area (Å²) < 4.78 is 0. The van der Waals surface area contributed by atoms with Gasteiger partial charge < -0.3 is 9.88 Å². The molecule has 3 aromatic rings. The number of hydrogen-bond acceptors (Lipinski definition) is 6. The van der Waals surface area contributed by atoms with E-state index in [0.717, 1.165) is 36.6 Å². The third-order valence-corrected chi connectivity index (χ3v) is 5.23. The molecule has 2 fully saturated rings. The Labute approximate surface area is 143 Å². The first-order chi connectivity index (χ1) is 11.8. The standard InChI is InChI=1S/C16H16ClN7/c17-13-2-1-10(4-18-13)5-23-6-12-3-11(23)7-24(12)16-14-15(20-8-19-14)21-9-22-16/h1-2,4,8-9,11-12H,3,5-7H2,(H,19,20,21,22). The van der Waals surface area contributed by atoms with Gasteiger partial charge in [-0.2, -0.15) is 0 Å². The number of imidazole rings is 1. The predicted octanol–water partition coefficient (Wildman–Crippen LogP) is 1.86. The van der Waals surface area contributed by atoms with E-state index in [4.69, 9.17) is 11.6 Å². The number of nitrogens with one attached hydrogen (secondary N) is 1. The van der Waals surface area contributed by atoms with Crippen LogP contribution in [0, 0.1) is 0 Å². The van der Waals surface area contributed by atoms with Gasteiger partial charge in [0.05, 0.1) is 6.33 Å². The molecule has 7 nitrogen and oxygen atoms in total. The second-order valence-corrected chi connectivity index (χ2v) is 6.80. The molecule has 0 aromatic carbocycles. The van der Waals surface area contributed by atoms with Crippen LogP contribution in [0.2, 0.25) is 5.15 Å². The maximum atomic E-state index is 5.87. The average molecular weight is 342 g/mol. The SMILES string of the molecule is Clc1ccc(CN2CC3CC2CN3c2ncnc3nc[nH]c23)cn1. The fourth-order valence-corrected chi connectivity index (χ4v) is 4.02. The average Bonchev–Trinajstić information content (AvgIpc) is 3.31. The van der Waals surface area contributed by atoms with Crippen molar-refractivity contribution in [2.75, 3.05) is 18.0 Å². The summed E-state index contributed by atoms with van der Waals surface area (Å²) in [5.41, 5.74) is 2.86. The lowest BCUT2D eigenvalue weighted by molar-refractivity contribution is 0.230. The second kappa shape index (κ2) is 5.39. The Bertz CT molecular complexity index is 878. The van der Waals surface area contributed by atoms with E-state index < -0.39 is 0 Å². The summed E-state index contributed by atoms with van der Waals surface area (Å²) in [5, 5.41) is 0.542. The van der Waals surface area contributed by atoms with Crippen LogP contribution < -0.4 is 4.90 Å². The molecule has 0 amide bonds. The summed E-state index contributed by atoms with van der Waals surface area (Å²) in [5.74, 6) is 0.970. The highest BCUT2D eigenvalue weighted by atomic mass is 35.5. The van der Waals surface area contributed by atoms with Gasteiger partial charge in [0.2, 0.25) is 0 Å². The lowest BCUT2D eigenvalue weighted by Gasteiger charge is -2.34. The van der Waals surface area contributed by atoms with Crippen molar-refractivity contribution in [2.24, 2.45) is 0 Å². The summed E-state index contributed by atoms with van der Waals surface area (Å²) in [6, 6.07) is 4.93. The van der Waals surface area contributed by atoms with E-state index in [1.807, 2.05) is 12.3 Å². The second-order valence-electron chi connectivity index (χ2n) is 6.41. The van der Waals surface area contributed by atoms with E-state index in [1.54, 1.807) is 12.7 Å². The molecule has 2 unspecified atom stereocenters. The van der Waals surface area contributed by atoms with E-state index >= 15 is 0 Å². The number of piperazine rings is 1. The Hall–Kier alpha value is -2.25. The van der Waals surface area contributed by atoms with Crippen LogP contribution >= 0.6 is 11.6 Å². The molecule has 2 saturated heterocycles. The monoisotopic (exact) mass is 341 g/mol. The van der Waals surface area contributed by atoms with Gasteiger partial charge >= 0.3 is 0 Å². The Kier molecular flexibility index (Phi) is 3.17. The van der Waals surface area contributed by atoms with Crippen LogP contribution in [0.1, 0.15) is 12.0 Å². The number of halogens is 1. The number of aromatic amines is 1.